The van der Waals surface area contributed by atoms with Gasteiger partial charge in [-0.1, -0.05) is 21.6 Å². The minimum absolute atomic E-state index is 0.0826. The smallest absolute Gasteiger partial charge is 0.408 e. The molecule has 0 unspecified atom stereocenters. The largest absolute Gasteiger partial charge is 0.444 e. The molecule has 1 N–H and O–H groups in total. The number of hydrogen-bond acceptors (Lipinski definition) is 5. The van der Waals surface area contributed by atoms with Gasteiger partial charge in [0.2, 0.25) is 5.91 Å². The van der Waals surface area contributed by atoms with Gasteiger partial charge in [0.05, 0.1) is 0 Å². The average Bonchev–Trinajstić information content (AvgIpc) is 2.52. The molecule has 0 aromatic carbocycles. The summed E-state index contributed by atoms with van der Waals surface area (Å²) in [5.74, 6) is 1.99. The van der Waals surface area contributed by atoms with E-state index in [4.69, 9.17) is 4.74 Å². The van der Waals surface area contributed by atoms with Crippen molar-refractivity contribution in [3.63, 3.8) is 0 Å². The van der Waals surface area contributed by atoms with E-state index in [1.807, 2.05) is 39.5 Å². The molecule has 0 aromatic rings. The zero-order chi connectivity index (χ0) is 16.1. The standard InChI is InChI=1S/C14H26N2O3S2/c1-13(2,3)19-12(18)15-14(4,5)10-11(17)16-6-8-20-21-9-7-16/h6-10H2,1-5H3,(H,15,18). The van der Waals surface area contributed by atoms with E-state index in [0.29, 0.717) is 0 Å². The van der Waals surface area contributed by atoms with Crippen LogP contribution < -0.4 is 5.32 Å². The van der Waals surface area contributed by atoms with E-state index < -0.39 is 17.2 Å². The van der Waals surface area contributed by atoms with Gasteiger partial charge in [-0.3, -0.25) is 4.79 Å². The minimum atomic E-state index is -0.619. The molecule has 122 valence electrons. The van der Waals surface area contributed by atoms with Gasteiger partial charge in [0, 0.05) is 36.6 Å². The Bertz CT molecular complexity index is 373. The number of nitrogens with one attached hydrogen (secondary N) is 1. The fourth-order valence-corrected chi connectivity index (χ4v) is 3.87. The molecule has 1 saturated heterocycles. The van der Waals surface area contributed by atoms with Gasteiger partial charge >= 0.3 is 6.09 Å². The number of alkyl carbamates (subject to hydrolysis) is 1. The number of carbonyl (C=O) groups excluding carboxylic acids is 2. The molecule has 0 aliphatic carbocycles. The van der Waals surface area contributed by atoms with Gasteiger partial charge in [-0.05, 0) is 34.6 Å². The number of nitrogens with zero attached hydrogens (tertiary/aromatic N) is 1. The number of ether oxygens (including phenoxy) is 1. The van der Waals surface area contributed by atoms with Gasteiger partial charge in [0.15, 0.2) is 0 Å². The first-order valence-electron chi connectivity index (χ1n) is 7.12. The Labute approximate surface area is 135 Å². The quantitative estimate of drug-likeness (QED) is 0.804. The van der Waals surface area contributed by atoms with Crippen LogP contribution in [0.3, 0.4) is 0 Å². The van der Waals surface area contributed by atoms with Crippen molar-refractivity contribution in [2.45, 2.75) is 52.2 Å². The normalized spacial score (nSPS) is 17.1. The van der Waals surface area contributed by atoms with Gasteiger partial charge in [-0.15, -0.1) is 0 Å². The number of rotatable bonds is 3. The third kappa shape index (κ3) is 7.85. The molecule has 1 heterocycles. The van der Waals surface area contributed by atoms with Crippen molar-refractivity contribution in [1.82, 2.24) is 10.2 Å². The van der Waals surface area contributed by atoms with Crippen LogP contribution in [0.15, 0.2) is 0 Å². The average molecular weight is 335 g/mol. The summed E-state index contributed by atoms with van der Waals surface area (Å²) >= 11 is 0. The van der Waals surface area contributed by atoms with E-state index in [2.05, 4.69) is 5.32 Å². The van der Waals surface area contributed by atoms with Crippen molar-refractivity contribution in [2.24, 2.45) is 0 Å². The molecule has 1 fully saturated rings. The SMILES string of the molecule is CC(C)(CC(=O)N1CCSSCC1)NC(=O)OC(C)(C)C. The molecule has 0 atom stereocenters. The summed E-state index contributed by atoms with van der Waals surface area (Å²) < 4.78 is 5.24. The molecular formula is C14H26N2O3S2. The van der Waals surface area contributed by atoms with E-state index in [-0.39, 0.29) is 12.3 Å². The third-order valence-corrected chi connectivity index (χ3v) is 5.12. The van der Waals surface area contributed by atoms with Crippen LogP contribution in [-0.4, -0.2) is 52.6 Å². The van der Waals surface area contributed by atoms with E-state index in [1.54, 1.807) is 21.6 Å². The molecule has 5 nitrogen and oxygen atoms in total. The second-order valence-corrected chi connectivity index (χ2v) is 9.41. The molecule has 21 heavy (non-hydrogen) atoms. The highest BCUT2D eigenvalue weighted by Gasteiger charge is 2.29. The van der Waals surface area contributed by atoms with E-state index in [0.717, 1.165) is 24.6 Å². The Morgan fingerprint density at radius 3 is 2.10 bits per heavy atom. The Morgan fingerprint density at radius 1 is 1.10 bits per heavy atom. The van der Waals surface area contributed by atoms with Gasteiger partial charge in [0.25, 0.3) is 0 Å². The van der Waals surface area contributed by atoms with Crippen molar-refractivity contribution in [2.75, 3.05) is 24.6 Å². The van der Waals surface area contributed by atoms with E-state index >= 15 is 0 Å². The number of amides is 2. The molecule has 7 heteroatoms. The first-order valence-corrected chi connectivity index (χ1v) is 9.61. The lowest BCUT2D eigenvalue weighted by atomic mass is 10.00. The van der Waals surface area contributed by atoms with Gasteiger partial charge in [0.1, 0.15) is 5.60 Å². The second kappa shape index (κ2) is 7.63. The molecule has 0 bridgehead atoms. The van der Waals surface area contributed by atoms with Gasteiger partial charge < -0.3 is 15.0 Å². The summed E-state index contributed by atoms with van der Waals surface area (Å²) in [6.45, 7) is 10.7. The number of hydrogen-bond donors (Lipinski definition) is 1. The molecular weight excluding hydrogens is 308 g/mol. The van der Waals surface area contributed by atoms with E-state index in [9.17, 15) is 9.59 Å². The van der Waals surface area contributed by atoms with Crippen molar-refractivity contribution in [3.05, 3.63) is 0 Å². The van der Waals surface area contributed by atoms with Crippen molar-refractivity contribution in [3.8, 4) is 0 Å². The minimum Gasteiger partial charge on any atom is -0.444 e. The molecule has 0 aromatic heterocycles. The molecule has 1 rings (SSSR count). The van der Waals surface area contributed by atoms with Crippen LogP contribution in [0.1, 0.15) is 41.0 Å². The van der Waals surface area contributed by atoms with Crippen LogP contribution in [0.4, 0.5) is 4.79 Å². The lowest BCUT2D eigenvalue weighted by Crippen LogP contribution is -2.49. The summed E-state index contributed by atoms with van der Waals surface area (Å²) in [6, 6.07) is 0. The maximum absolute atomic E-state index is 12.3. The van der Waals surface area contributed by atoms with Crippen LogP contribution in [-0.2, 0) is 9.53 Å². The van der Waals surface area contributed by atoms with Crippen molar-refractivity contribution in [1.29, 1.82) is 0 Å². The molecule has 0 saturated carbocycles. The third-order valence-electron chi connectivity index (χ3n) is 2.76. The van der Waals surface area contributed by atoms with Gasteiger partial charge in [-0.2, -0.15) is 0 Å². The highest BCUT2D eigenvalue weighted by molar-refractivity contribution is 8.76. The zero-order valence-corrected chi connectivity index (χ0v) is 15.2. The van der Waals surface area contributed by atoms with Crippen molar-refractivity contribution < 1.29 is 14.3 Å². The van der Waals surface area contributed by atoms with Crippen LogP contribution in [0.25, 0.3) is 0 Å². The summed E-state index contributed by atoms with van der Waals surface area (Å²) in [5, 5.41) is 2.78. The molecule has 1 aliphatic heterocycles. The van der Waals surface area contributed by atoms with Crippen LogP contribution in [0.5, 0.6) is 0 Å². The van der Waals surface area contributed by atoms with Crippen LogP contribution >= 0.6 is 21.6 Å². The summed E-state index contributed by atoms with van der Waals surface area (Å²) in [6.07, 6.45) is -0.205. The van der Waals surface area contributed by atoms with Gasteiger partial charge in [-0.25, -0.2) is 4.79 Å². The topological polar surface area (TPSA) is 58.6 Å². The molecule has 2 amide bonds. The predicted octanol–water partition coefficient (Wildman–Crippen LogP) is 2.90. The molecule has 0 radical (unpaired) electrons. The summed E-state index contributed by atoms with van der Waals surface area (Å²) in [4.78, 5) is 26.1. The highest BCUT2D eigenvalue weighted by atomic mass is 33.1. The lowest BCUT2D eigenvalue weighted by molar-refractivity contribution is -0.131. The first-order chi connectivity index (χ1) is 9.59. The predicted molar refractivity (Wildman–Crippen MR) is 89.6 cm³/mol. The van der Waals surface area contributed by atoms with Crippen LogP contribution in [0, 0.1) is 0 Å². The van der Waals surface area contributed by atoms with Crippen molar-refractivity contribution >= 4 is 33.6 Å². The lowest BCUT2D eigenvalue weighted by Gasteiger charge is -2.30. The molecule has 0 spiro atoms. The Kier molecular flexibility index (Phi) is 6.71. The maximum atomic E-state index is 12.3. The Balaban J connectivity index is 2.50. The van der Waals surface area contributed by atoms with E-state index in [1.165, 1.54) is 0 Å². The fraction of sp³-hybridized carbons (Fsp3) is 0.857. The fourth-order valence-electron chi connectivity index (χ4n) is 1.89. The zero-order valence-electron chi connectivity index (χ0n) is 13.5. The number of carbonyl (C=O) groups is 2. The monoisotopic (exact) mass is 334 g/mol. The highest BCUT2D eigenvalue weighted by Crippen LogP contribution is 2.24. The Hall–Kier alpha value is -0.560. The second-order valence-electron chi connectivity index (χ2n) is 6.71. The first kappa shape index (κ1) is 18.5. The summed E-state index contributed by atoms with van der Waals surface area (Å²) in [5.41, 5.74) is -1.16. The Morgan fingerprint density at radius 2 is 1.62 bits per heavy atom. The summed E-state index contributed by atoms with van der Waals surface area (Å²) in [7, 11) is 3.61. The molecule has 1 aliphatic rings. The maximum Gasteiger partial charge on any atom is 0.408 e. The van der Waals surface area contributed by atoms with Crippen LogP contribution in [0.2, 0.25) is 0 Å².